The normalized spacial score (nSPS) is 11.0. The van der Waals surface area contributed by atoms with Crippen molar-refractivity contribution in [1.29, 1.82) is 0 Å². The van der Waals surface area contributed by atoms with Gasteiger partial charge in [-0.05, 0) is 31.2 Å². The Kier molecular flexibility index (Phi) is 4.59. The van der Waals surface area contributed by atoms with Gasteiger partial charge in [0, 0.05) is 10.5 Å². The third kappa shape index (κ3) is 3.28. The number of nitrogens with zero attached hydrogens (tertiary/aromatic N) is 2. The number of imidazole rings is 1. The van der Waals surface area contributed by atoms with Crippen molar-refractivity contribution in [2.45, 2.75) is 17.7 Å². The van der Waals surface area contributed by atoms with E-state index >= 15 is 0 Å². The van der Waals surface area contributed by atoms with Crippen LogP contribution in [-0.4, -0.2) is 15.3 Å². The lowest BCUT2D eigenvalue weighted by atomic mass is 10.1. The van der Waals surface area contributed by atoms with Gasteiger partial charge in [-0.1, -0.05) is 60.2 Å². The monoisotopic (exact) mass is 358 g/mol. The average Bonchev–Trinajstić information content (AvgIpc) is 3.06. The zero-order valence-corrected chi connectivity index (χ0v) is 15.2. The van der Waals surface area contributed by atoms with Gasteiger partial charge in [0.25, 0.3) is 0 Å². The number of carbonyl (C=O) groups excluding carboxylic acids is 1. The predicted octanol–water partition coefficient (Wildman–Crippen LogP) is 5.33. The molecule has 0 saturated carbocycles. The molecule has 0 radical (unpaired) electrons. The minimum Gasteiger partial charge on any atom is -0.311 e. The van der Waals surface area contributed by atoms with Crippen molar-refractivity contribution < 1.29 is 4.79 Å². The van der Waals surface area contributed by atoms with Gasteiger partial charge in [-0.2, -0.15) is 0 Å². The minimum atomic E-state index is -0.0464. The van der Waals surface area contributed by atoms with E-state index in [4.69, 9.17) is 0 Å². The molecule has 0 aliphatic heterocycles. The fourth-order valence-corrected chi connectivity index (χ4v) is 3.76. The van der Waals surface area contributed by atoms with E-state index in [1.54, 1.807) is 11.8 Å². The molecule has 4 heteroatoms. The van der Waals surface area contributed by atoms with Crippen LogP contribution >= 0.6 is 11.8 Å². The zero-order valence-electron chi connectivity index (χ0n) is 14.4. The molecule has 1 aromatic heterocycles. The first-order chi connectivity index (χ1) is 12.7. The highest BCUT2D eigenvalue weighted by Gasteiger charge is 2.19. The van der Waals surface area contributed by atoms with E-state index in [1.165, 1.54) is 4.90 Å². The second kappa shape index (κ2) is 7.18. The average molecular weight is 358 g/mol. The van der Waals surface area contributed by atoms with Crippen molar-refractivity contribution in [2.75, 3.05) is 0 Å². The molecule has 3 aromatic carbocycles. The lowest BCUT2D eigenvalue weighted by molar-refractivity contribution is 0.102. The maximum atomic E-state index is 13.1. The van der Waals surface area contributed by atoms with Gasteiger partial charge in [-0.25, -0.2) is 4.98 Å². The molecule has 3 nitrogen and oxygen atoms in total. The van der Waals surface area contributed by atoms with Crippen molar-refractivity contribution >= 4 is 28.6 Å². The van der Waals surface area contributed by atoms with Gasteiger partial charge in [-0.3, -0.25) is 4.79 Å². The number of hydrogen-bond acceptors (Lipinski definition) is 3. The Labute approximate surface area is 156 Å². The number of para-hydroxylation sites is 2. The van der Waals surface area contributed by atoms with E-state index < -0.39 is 0 Å². The van der Waals surface area contributed by atoms with Crippen LogP contribution in [0, 0.1) is 6.92 Å². The molecule has 0 aliphatic carbocycles. The van der Waals surface area contributed by atoms with Crippen LogP contribution in [0.15, 0.2) is 83.8 Å². The van der Waals surface area contributed by atoms with Crippen molar-refractivity contribution in [3.05, 3.63) is 95.8 Å². The summed E-state index contributed by atoms with van der Waals surface area (Å²) >= 11 is 1.69. The van der Waals surface area contributed by atoms with Gasteiger partial charge in [0.2, 0.25) is 5.78 Å². The molecule has 4 aromatic rings. The predicted molar refractivity (Wildman–Crippen MR) is 107 cm³/mol. The second-order valence-electron chi connectivity index (χ2n) is 6.13. The summed E-state index contributed by atoms with van der Waals surface area (Å²) in [6, 6.07) is 25.7. The molecule has 0 bridgehead atoms. The maximum absolute atomic E-state index is 13.1. The molecule has 0 unspecified atom stereocenters. The van der Waals surface area contributed by atoms with Crippen LogP contribution in [0.25, 0.3) is 11.0 Å². The fourth-order valence-electron chi connectivity index (χ4n) is 2.87. The molecule has 0 aliphatic rings. The zero-order chi connectivity index (χ0) is 17.9. The number of thioether (sulfide) groups is 1. The Balaban J connectivity index is 1.73. The van der Waals surface area contributed by atoms with Gasteiger partial charge in [0.15, 0.2) is 5.82 Å². The molecule has 0 spiro atoms. The number of ketones is 1. The SMILES string of the molecule is Cc1ccc(C(=O)c2nc3ccccc3n2CSc2ccccc2)cc1. The number of fused-ring (bicyclic) bond motifs is 1. The van der Waals surface area contributed by atoms with Gasteiger partial charge in [0.05, 0.1) is 16.9 Å². The quantitative estimate of drug-likeness (QED) is 0.357. The molecular formula is C22H18N2OS. The highest BCUT2D eigenvalue weighted by molar-refractivity contribution is 7.98. The number of aryl methyl sites for hydroxylation is 1. The summed E-state index contributed by atoms with van der Waals surface area (Å²) in [6.07, 6.45) is 0. The summed E-state index contributed by atoms with van der Waals surface area (Å²) in [4.78, 5) is 18.9. The minimum absolute atomic E-state index is 0.0464. The first-order valence-electron chi connectivity index (χ1n) is 8.47. The standard InChI is InChI=1S/C22H18N2OS/c1-16-11-13-17(14-12-16)21(25)22-23-19-9-5-6-10-20(19)24(22)15-26-18-7-3-2-4-8-18/h2-14H,15H2,1H3. The Morgan fingerprint density at radius 2 is 1.62 bits per heavy atom. The number of carbonyl (C=O) groups is 1. The van der Waals surface area contributed by atoms with Crippen LogP contribution < -0.4 is 0 Å². The van der Waals surface area contributed by atoms with Crippen molar-refractivity contribution in [2.24, 2.45) is 0 Å². The highest BCUT2D eigenvalue weighted by Crippen LogP contribution is 2.25. The van der Waals surface area contributed by atoms with E-state index in [1.807, 2.05) is 78.2 Å². The first-order valence-corrected chi connectivity index (χ1v) is 9.45. The van der Waals surface area contributed by atoms with Gasteiger partial charge in [-0.15, -0.1) is 11.8 Å². The number of rotatable bonds is 5. The van der Waals surface area contributed by atoms with Crippen molar-refractivity contribution in [1.82, 2.24) is 9.55 Å². The summed E-state index contributed by atoms with van der Waals surface area (Å²) in [6.45, 7) is 2.01. The maximum Gasteiger partial charge on any atom is 0.228 e. The molecule has 0 saturated heterocycles. The molecule has 0 amide bonds. The largest absolute Gasteiger partial charge is 0.311 e. The van der Waals surface area contributed by atoms with Gasteiger partial charge in [0.1, 0.15) is 0 Å². The molecule has 0 N–H and O–H groups in total. The molecule has 128 valence electrons. The van der Waals surface area contributed by atoms with Gasteiger partial charge < -0.3 is 4.57 Å². The van der Waals surface area contributed by atoms with E-state index in [0.717, 1.165) is 16.6 Å². The van der Waals surface area contributed by atoms with Crippen LogP contribution in [0.1, 0.15) is 21.7 Å². The van der Waals surface area contributed by atoms with Crippen LogP contribution in [-0.2, 0) is 5.88 Å². The van der Waals surface area contributed by atoms with Gasteiger partial charge >= 0.3 is 0 Å². The number of hydrogen-bond donors (Lipinski definition) is 0. The summed E-state index contributed by atoms with van der Waals surface area (Å²) in [7, 11) is 0. The molecule has 1 heterocycles. The Morgan fingerprint density at radius 1 is 0.923 bits per heavy atom. The summed E-state index contributed by atoms with van der Waals surface area (Å²) in [5.41, 5.74) is 3.62. The van der Waals surface area contributed by atoms with E-state index in [0.29, 0.717) is 17.3 Å². The van der Waals surface area contributed by atoms with Crippen LogP contribution in [0.2, 0.25) is 0 Å². The lowest BCUT2D eigenvalue weighted by Crippen LogP contribution is -2.11. The van der Waals surface area contributed by atoms with Crippen LogP contribution in [0.3, 0.4) is 0 Å². The third-order valence-electron chi connectivity index (χ3n) is 4.27. The molecule has 4 rings (SSSR count). The summed E-state index contributed by atoms with van der Waals surface area (Å²) < 4.78 is 2.01. The lowest BCUT2D eigenvalue weighted by Gasteiger charge is -2.09. The summed E-state index contributed by atoms with van der Waals surface area (Å²) in [5, 5.41) is 0. The molecule has 0 atom stereocenters. The summed E-state index contributed by atoms with van der Waals surface area (Å²) in [5.74, 6) is 1.07. The highest BCUT2D eigenvalue weighted by atomic mass is 32.2. The van der Waals surface area contributed by atoms with Crippen LogP contribution in [0.5, 0.6) is 0 Å². The number of benzene rings is 3. The Hall–Kier alpha value is -2.85. The van der Waals surface area contributed by atoms with Crippen molar-refractivity contribution in [3.63, 3.8) is 0 Å². The first kappa shape index (κ1) is 16.6. The van der Waals surface area contributed by atoms with Crippen LogP contribution in [0.4, 0.5) is 0 Å². The third-order valence-corrected chi connectivity index (χ3v) is 5.27. The van der Waals surface area contributed by atoms with E-state index in [-0.39, 0.29) is 5.78 Å². The smallest absolute Gasteiger partial charge is 0.228 e. The van der Waals surface area contributed by atoms with Crippen molar-refractivity contribution in [3.8, 4) is 0 Å². The molecule has 26 heavy (non-hydrogen) atoms. The van der Waals surface area contributed by atoms with E-state index in [9.17, 15) is 4.79 Å². The topological polar surface area (TPSA) is 34.9 Å². The Bertz CT molecular complexity index is 1050. The van der Waals surface area contributed by atoms with E-state index in [2.05, 4.69) is 17.1 Å². The molecular weight excluding hydrogens is 340 g/mol. The Morgan fingerprint density at radius 3 is 2.38 bits per heavy atom. The fraction of sp³-hybridized carbons (Fsp3) is 0.0909. The molecule has 0 fully saturated rings. The second-order valence-corrected chi connectivity index (χ2v) is 7.15. The number of aromatic nitrogens is 2.